The van der Waals surface area contributed by atoms with E-state index >= 15 is 0 Å². The highest BCUT2D eigenvalue weighted by Crippen LogP contribution is 2.28. The molecule has 0 aromatic heterocycles. The molecule has 0 radical (unpaired) electrons. The Hall–Kier alpha value is -2.11. The molecule has 0 saturated carbocycles. The SMILES string of the molecule is O=C(c1ccccc1)C1CN(c2ccc(Br)cc2)CN(c2ccc(Br)cc2)C1. The van der Waals surface area contributed by atoms with Gasteiger partial charge in [-0.15, -0.1) is 0 Å². The minimum atomic E-state index is -0.0940. The lowest BCUT2D eigenvalue weighted by molar-refractivity contribution is 0.0919. The van der Waals surface area contributed by atoms with Crippen LogP contribution in [0, 0.1) is 5.92 Å². The quantitative estimate of drug-likeness (QED) is 0.411. The predicted octanol–water partition coefficient (Wildman–Crippen LogP) is 5.99. The Balaban J connectivity index is 1.65. The lowest BCUT2D eigenvalue weighted by Gasteiger charge is -2.42. The molecule has 0 unspecified atom stereocenters. The zero-order valence-electron chi connectivity index (χ0n) is 15.3. The number of carbonyl (C=O) groups is 1. The molecule has 0 aliphatic carbocycles. The fraction of sp³-hybridized carbons (Fsp3) is 0.174. The number of rotatable bonds is 4. The first-order chi connectivity index (χ1) is 13.6. The molecule has 28 heavy (non-hydrogen) atoms. The van der Waals surface area contributed by atoms with Gasteiger partial charge in [-0.1, -0.05) is 62.2 Å². The van der Waals surface area contributed by atoms with Gasteiger partial charge in [0.25, 0.3) is 0 Å². The number of carbonyl (C=O) groups excluding carboxylic acids is 1. The number of nitrogens with zero attached hydrogens (tertiary/aromatic N) is 2. The van der Waals surface area contributed by atoms with E-state index in [2.05, 4.69) is 65.9 Å². The van der Waals surface area contributed by atoms with Crippen LogP contribution >= 0.6 is 31.9 Å². The molecule has 0 atom stereocenters. The van der Waals surface area contributed by atoms with Crippen molar-refractivity contribution >= 4 is 49.0 Å². The largest absolute Gasteiger partial charge is 0.353 e. The molecule has 5 heteroatoms. The second-order valence-electron chi connectivity index (χ2n) is 6.97. The number of ketones is 1. The number of benzene rings is 3. The summed E-state index contributed by atoms with van der Waals surface area (Å²) in [4.78, 5) is 17.8. The normalized spacial score (nSPS) is 14.9. The van der Waals surface area contributed by atoms with Crippen molar-refractivity contribution in [2.24, 2.45) is 5.92 Å². The van der Waals surface area contributed by atoms with Gasteiger partial charge in [0.15, 0.2) is 5.78 Å². The summed E-state index contributed by atoms with van der Waals surface area (Å²) in [5.41, 5.74) is 3.02. The van der Waals surface area contributed by atoms with Crippen LogP contribution in [0.3, 0.4) is 0 Å². The lowest BCUT2D eigenvalue weighted by Crippen LogP contribution is -2.52. The first kappa shape index (κ1) is 19.2. The van der Waals surface area contributed by atoms with Crippen molar-refractivity contribution in [3.8, 4) is 0 Å². The molecule has 1 aliphatic heterocycles. The van der Waals surface area contributed by atoms with Crippen molar-refractivity contribution in [3.05, 3.63) is 93.4 Å². The Morgan fingerprint density at radius 2 is 1.18 bits per heavy atom. The van der Waals surface area contributed by atoms with Gasteiger partial charge in [-0.25, -0.2) is 0 Å². The van der Waals surface area contributed by atoms with Crippen molar-refractivity contribution in [1.29, 1.82) is 0 Å². The van der Waals surface area contributed by atoms with Crippen LogP contribution in [0.4, 0.5) is 11.4 Å². The fourth-order valence-corrected chi connectivity index (χ4v) is 4.12. The number of anilines is 2. The molecule has 1 aliphatic rings. The third-order valence-corrected chi connectivity index (χ3v) is 6.09. The predicted molar refractivity (Wildman–Crippen MR) is 122 cm³/mol. The Morgan fingerprint density at radius 1 is 0.714 bits per heavy atom. The smallest absolute Gasteiger partial charge is 0.169 e. The van der Waals surface area contributed by atoms with Crippen LogP contribution < -0.4 is 9.80 Å². The van der Waals surface area contributed by atoms with Gasteiger partial charge in [-0.05, 0) is 48.5 Å². The molecule has 3 aromatic carbocycles. The highest BCUT2D eigenvalue weighted by Gasteiger charge is 2.31. The van der Waals surface area contributed by atoms with E-state index in [9.17, 15) is 4.79 Å². The summed E-state index contributed by atoms with van der Waals surface area (Å²) in [6, 6.07) is 26.2. The van der Waals surface area contributed by atoms with E-state index in [4.69, 9.17) is 0 Å². The molecule has 3 aromatic rings. The Bertz CT molecular complexity index is 889. The maximum atomic E-state index is 13.2. The van der Waals surface area contributed by atoms with E-state index in [1.807, 2.05) is 54.6 Å². The van der Waals surface area contributed by atoms with Gasteiger partial charge in [-0.2, -0.15) is 0 Å². The topological polar surface area (TPSA) is 23.6 Å². The molecule has 0 amide bonds. The summed E-state index contributed by atoms with van der Waals surface area (Å²) in [7, 11) is 0. The monoisotopic (exact) mass is 498 g/mol. The van der Waals surface area contributed by atoms with Crippen LogP contribution in [-0.2, 0) is 0 Å². The van der Waals surface area contributed by atoms with Gasteiger partial charge in [0.1, 0.15) is 0 Å². The molecule has 0 spiro atoms. The second-order valence-corrected chi connectivity index (χ2v) is 8.80. The van der Waals surface area contributed by atoms with Gasteiger partial charge in [0.2, 0.25) is 0 Å². The van der Waals surface area contributed by atoms with E-state index < -0.39 is 0 Å². The molecule has 1 fully saturated rings. The van der Waals surface area contributed by atoms with Crippen molar-refractivity contribution < 1.29 is 4.79 Å². The van der Waals surface area contributed by atoms with Crippen LogP contribution in [0.25, 0.3) is 0 Å². The Morgan fingerprint density at radius 3 is 1.64 bits per heavy atom. The third-order valence-electron chi connectivity index (χ3n) is 5.04. The highest BCUT2D eigenvalue weighted by molar-refractivity contribution is 9.10. The number of hydrogen-bond donors (Lipinski definition) is 0. The van der Waals surface area contributed by atoms with E-state index in [-0.39, 0.29) is 11.7 Å². The maximum Gasteiger partial charge on any atom is 0.169 e. The maximum absolute atomic E-state index is 13.2. The van der Waals surface area contributed by atoms with Crippen LogP contribution in [0.5, 0.6) is 0 Å². The van der Waals surface area contributed by atoms with Crippen molar-refractivity contribution in [3.63, 3.8) is 0 Å². The van der Waals surface area contributed by atoms with E-state index in [0.717, 1.165) is 32.6 Å². The van der Waals surface area contributed by atoms with Gasteiger partial charge in [0.05, 0.1) is 12.6 Å². The van der Waals surface area contributed by atoms with Crippen molar-refractivity contribution in [1.82, 2.24) is 0 Å². The van der Waals surface area contributed by atoms with E-state index in [1.165, 1.54) is 0 Å². The number of halogens is 2. The van der Waals surface area contributed by atoms with Crippen molar-refractivity contribution in [2.45, 2.75) is 0 Å². The van der Waals surface area contributed by atoms with Crippen LogP contribution in [0.1, 0.15) is 10.4 Å². The summed E-state index contributed by atoms with van der Waals surface area (Å²) < 4.78 is 2.10. The Labute approximate surface area is 182 Å². The molecular weight excluding hydrogens is 480 g/mol. The molecule has 142 valence electrons. The standard InChI is InChI=1S/C23H20Br2N2O/c24-19-6-10-21(11-7-19)26-14-18(23(28)17-4-2-1-3-5-17)15-27(16-26)22-12-8-20(25)9-13-22/h1-13,18H,14-16H2. The average Bonchev–Trinajstić information content (AvgIpc) is 2.74. The van der Waals surface area contributed by atoms with Crippen LogP contribution in [0.15, 0.2) is 87.8 Å². The third kappa shape index (κ3) is 4.31. The summed E-state index contributed by atoms with van der Waals surface area (Å²) in [6.07, 6.45) is 0. The summed E-state index contributed by atoms with van der Waals surface area (Å²) in [5.74, 6) is 0.105. The minimum absolute atomic E-state index is 0.0940. The molecule has 0 N–H and O–H groups in total. The summed E-state index contributed by atoms with van der Waals surface area (Å²) >= 11 is 7.01. The average molecular weight is 500 g/mol. The van der Waals surface area contributed by atoms with E-state index in [0.29, 0.717) is 13.1 Å². The molecule has 4 rings (SSSR count). The van der Waals surface area contributed by atoms with Crippen molar-refractivity contribution in [2.75, 3.05) is 29.6 Å². The zero-order valence-corrected chi connectivity index (χ0v) is 18.4. The van der Waals surface area contributed by atoms with E-state index in [1.54, 1.807) is 0 Å². The fourth-order valence-electron chi connectivity index (χ4n) is 3.59. The first-order valence-corrected chi connectivity index (χ1v) is 10.8. The summed E-state index contributed by atoms with van der Waals surface area (Å²) in [5, 5.41) is 0. The minimum Gasteiger partial charge on any atom is -0.353 e. The zero-order chi connectivity index (χ0) is 19.5. The summed E-state index contributed by atoms with van der Waals surface area (Å²) in [6.45, 7) is 2.17. The van der Waals surface area contributed by atoms with Gasteiger partial charge >= 0.3 is 0 Å². The molecule has 1 saturated heterocycles. The highest BCUT2D eigenvalue weighted by atomic mass is 79.9. The molecular formula is C23H20Br2N2O. The van der Waals surface area contributed by atoms with Gasteiger partial charge in [0, 0.05) is 39.0 Å². The second kappa shape index (κ2) is 8.50. The molecule has 0 bridgehead atoms. The number of hydrogen-bond acceptors (Lipinski definition) is 3. The van der Waals surface area contributed by atoms with Crippen LogP contribution in [-0.4, -0.2) is 25.5 Å². The number of Topliss-reactive ketones (excluding diaryl/α,β-unsaturated/α-hetero) is 1. The first-order valence-electron chi connectivity index (χ1n) is 9.20. The molecule has 3 nitrogen and oxygen atoms in total. The van der Waals surface area contributed by atoms with Gasteiger partial charge < -0.3 is 9.80 Å². The lowest BCUT2D eigenvalue weighted by atomic mass is 9.94. The molecule has 1 heterocycles. The Kier molecular flexibility index (Phi) is 5.83. The van der Waals surface area contributed by atoms with Gasteiger partial charge in [-0.3, -0.25) is 4.79 Å². The van der Waals surface area contributed by atoms with Crippen LogP contribution in [0.2, 0.25) is 0 Å².